The number of aromatic nitrogens is 2. The zero-order valence-corrected chi connectivity index (χ0v) is 26.9. The van der Waals surface area contributed by atoms with Crippen molar-refractivity contribution in [3.63, 3.8) is 0 Å². The van der Waals surface area contributed by atoms with Crippen molar-refractivity contribution in [2.24, 2.45) is 0 Å². The standard InChI is InChI=1S/2C17H20N2O2.2ClH/c2*1-19-11-6-7-12(19)9-13(8-11)21-17(20)15-10-18-16-5-3-2-4-14(15)16;;/h2*2-5,10-13,18H,6-9H2,1H3;2*1H/t2*11-,12+,13?;;. The van der Waals surface area contributed by atoms with Crippen molar-refractivity contribution >= 4 is 58.6 Å². The Labute approximate surface area is 270 Å². The molecule has 6 heterocycles. The number of aromatic amines is 2. The Hall–Kier alpha value is -3.04. The Morgan fingerprint density at radius 1 is 0.614 bits per heavy atom. The molecule has 2 aromatic carbocycles. The van der Waals surface area contributed by atoms with E-state index in [1.54, 1.807) is 12.4 Å². The second-order valence-electron chi connectivity index (χ2n) is 12.6. The molecule has 0 saturated carbocycles. The number of nitrogens with zero attached hydrogens (tertiary/aromatic N) is 2. The van der Waals surface area contributed by atoms with E-state index in [1.807, 2.05) is 48.5 Å². The predicted octanol–water partition coefficient (Wildman–Crippen LogP) is 6.74. The molecule has 10 heteroatoms. The fraction of sp³-hybridized carbons (Fsp3) is 0.471. The van der Waals surface area contributed by atoms with Crippen molar-refractivity contribution in [3.8, 4) is 0 Å². The number of ether oxygens (including phenoxy) is 2. The average molecular weight is 642 g/mol. The van der Waals surface area contributed by atoms with E-state index in [-0.39, 0.29) is 49.0 Å². The summed E-state index contributed by atoms with van der Waals surface area (Å²) in [7, 11) is 4.39. The van der Waals surface area contributed by atoms with Crippen LogP contribution in [0.15, 0.2) is 60.9 Å². The van der Waals surface area contributed by atoms with E-state index in [2.05, 4.69) is 33.9 Å². The molecule has 4 fully saturated rings. The van der Waals surface area contributed by atoms with Gasteiger partial charge in [-0.3, -0.25) is 0 Å². The maximum atomic E-state index is 12.4. The predicted molar refractivity (Wildman–Crippen MR) is 177 cm³/mol. The second-order valence-corrected chi connectivity index (χ2v) is 12.6. The molecular formula is C34H42Cl2N4O4. The molecule has 4 aliphatic heterocycles. The smallest absolute Gasteiger partial charge is 0.340 e. The van der Waals surface area contributed by atoms with Crippen LogP contribution in [-0.4, -0.2) is 82.2 Å². The zero-order valence-electron chi connectivity index (χ0n) is 25.2. The van der Waals surface area contributed by atoms with E-state index >= 15 is 0 Å². The Balaban J connectivity index is 0.000000167. The molecule has 236 valence electrons. The van der Waals surface area contributed by atoms with Gasteiger partial charge in [-0.15, -0.1) is 24.8 Å². The molecule has 8 rings (SSSR count). The lowest BCUT2D eigenvalue weighted by atomic mass is 10.0. The summed E-state index contributed by atoms with van der Waals surface area (Å²) in [6.45, 7) is 0. The van der Waals surface area contributed by atoms with Gasteiger partial charge in [-0.1, -0.05) is 36.4 Å². The number of fused-ring (bicyclic) bond motifs is 6. The topological polar surface area (TPSA) is 90.7 Å². The molecule has 0 radical (unpaired) electrons. The first-order chi connectivity index (χ1) is 20.4. The van der Waals surface area contributed by atoms with Crippen LogP contribution in [0.25, 0.3) is 21.8 Å². The fourth-order valence-corrected chi connectivity index (χ4v) is 7.83. The summed E-state index contributed by atoms with van der Waals surface area (Å²) in [4.78, 5) is 36.1. The van der Waals surface area contributed by atoms with Crippen molar-refractivity contribution in [3.05, 3.63) is 72.1 Å². The van der Waals surface area contributed by atoms with Crippen molar-refractivity contribution in [2.75, 3.05) is 14.1 Å². The van der Waals surface area contributed by atoms with Gasteiger partial charge in [-0.2, -0.15) is 0 Å². The van der Waals surface area contributed by atoms with E-state index in [4.69, 9.17) is 9.47 Å². The Morgan fingerprint density at radius 2 is 0.955 bits per heavy atom. The summed E-state index contributed by atoms with van der Waals surface area (Å²) in [5.74, 6) is -0.386. The number of hydrogen-bond donors (Lipinski definition) is 2. The van der Waals surface area contributed by atoms with Gasteiger partial charge >= 0.3 is 11.9 Å². The monoisotopic (exact) mass is 640 g/mol. The summed E-state index contributed by atoms with van der Waals surface area (Å²) < 4.78 is 11.6. The largest absolute Gasteiger partial charge is 0.459 e. The van der Waals surface area contributed by atoms with E-state index in [0.717, 1.165) is 47.5 Å². The molecule has 0 spiro atoms. The SMILES string of the molecule is CN1[C@@H]2CC[C@H]1CC(OC(=O)c1c[nH]c3ccccc13)C2.CN1[C@@H]2CC[C@H]1CC(OC(=O)c1c[nH]c3ccccc13)C2.Cl.Cl. The number of esters is 2. The maximum Gasteiger partial charge on any atom is 0.340 e. The zero-order chi connectivity index (χ0) is 28.8. The summed E-state index contributed by atoms with van der Waals surface area (Å²) in [6, 6.07) is 18.0. The molecule has 2 aromatic heterocycles. The van der Waals surface area contributed by atoms with Crippen molar-refractivity contribution < 1.29 is 19.1 Å². The molecule has 6 atom stereocenters. The van der Waals surface area contributed by atoms with Crippen LogP contribution in [0.2, 0.25) is 0 Å². The minimum Gasteiger partial charge on any atom is -0.459 e. The highest BCUT2D eigenvalue weighted by Gasteiger charge is 2.41. The number of H-pyrrole nitrogens is 2. The normalized spacial score (nSPS) is 27.6. The molecule has 44 heavy (non-hydrogen) atoms. The second kappa shape index (κ2) is 13.5. The number of carbonyl (C=O) groups excluding carboxylic acids is 2. The number of carbonyl (C=O) groups is 2. The maximum absolute atomic E-state index is 12.4. The van der Waals surface area contributed by atoms with Gasteiger partial charge in [-0.25, -0.2) is 9.59 Å². The lowest BCUT2D eigenvalue weighted by Crippen LogP contribution is -2.43. The van der Waals surface area contributed by atoms with Crippen LogP contribution in [0.3, 0.4) is 0 Å². The molecule has 4 bridgehead atoms. The van der Waals surface area contributed by atoms with Crippen LogP contribution in [0.1, 0.15) is 72.1 Å². The number of para-hydroxylation sites is 2. The van der Waals surface area contributed by atoms with Gasteiger partial charge in [-0.05, 0) is 51.9 Å². The molecule has 2 N–H and O–H groups in total. The molecular weight excluding hydrogens is 599 g/mol. The minimum absolute atomic E-state index is 0. The third-order valence-corrected chi connectivity index (χ3v) is 10.3. The summed E-state index contributed by atoms with van der Waals surface area (Å²) in [5, 5.41) is 1.89. The first kappa shape index (κ1) is 32.4. The van der Waals surface area contributed by atoms with E-state index in [0.29, 0.717) is 35.3 Å². The third kappa shape index (κ3) is 6.23. The van der Waals surface area contributed by atoms with Crippen LogP contribution in [0.4, 0.5) is 0 Å². The van der Waals surface area contributed by atoms with Gasteiger partial charge in [0, 0.05) is 84.1 Å². The number of hydrogen-bond acceptors (Lipinski definition) is 6. The van der Waals surface area contributed by atoms with Crippen LogP contribution in [0.5, 0.6) is 0 Å². The minimum atomic E-state index is -0.193. The lowest BCUT2D eigenvalue weighted by Gasteiger charge is -2.35. The fourth-order valence-electron chi connectivity index (χ4n) is 7.83. The van der Waals surface area contributed by atoms with E-state index in [9.17, 15) is 9.59 Å². The summed E-state index contributed by atoms with van der Waals surface area (Å²) >= 11 is 0. The Kier molecular flexibility index (Phi) is 9.95. The van der Waals surface area contributed by atoms with Gasteiger partial charge in [0.1, 0.15) is 12.2 Å². The Bertz CT molecular complexity index is 1460. The number of nitrogens with one attached hydrogen (secondary N) is 2. The average Bonchev–Trinajstić information content (AvgIpc) is 3.71. The van der Waals surface area contributed by atoms with Crippen molar-refractivity contribution in [1.29, 1.82) is 0 Å². The number of piperidine rings is 2. The first-order valence-corrected chi connectivity index (χ1v) is 15.4. The van der Waals surface area contributed by atoms with Gasteiger partial charge in [0.2, 0.25) is 0 Å². The van der Waals surface area contributed by atoms with Crippen molar-refractivity contribution in [2.45, 2.75) is 87.7 Å². The molecule has 4 aliphatic rings. The number of benzene rings is 2. The highest BCUT2D eigenvalue weighted by Crippen LogP contribution is 2.37. The quantitative estimate of drug-likeness (QED) is 0.240. The number of halogens is 2. The molecule has 4 aromatic rings. The molecule has 0 aliphatic carbocycles. The summed E-state index contributed by atoms with van der Waals surface area (Å²) in [6.07, 6.45) is 12.5. The van der Waals surface area contributed by atoms with Crippen molar-refractivity contribution in [1.82, 2.24) is 19.8 Å². The van der Waals surface area contributed by atoms with Gasteiger partial charge in [0.25, 0.3) is 0 Å². The highest BCUT2D eigenvalue weighted by atomic mass is 35.5. The molecule has 2 unspecified atom stereocenters. The van der Waals surface area contributed by atoms with Crippen LogP contribution < -0.4 is 0 Å². The highest BCUT2D eigenvalue weighted by molar-refractivity contribution is 6.04. The van der Waals surface area contributed by atoms with Gasteiger partial charge in [0.05, 0.1) is 11.1 Å². The molecule has 8 nitrogen and oxygen atoms in total. The van der Waals surface area contributed by atoms with Gasteiger partial charge < -0.3 is 29.2 Å². The third-order valence-electron chi connectivity index (χ3n) is 10.3. The lowest BCUT2D eigenvalue weighted by molar-refractivity contribution is -0.00112. The van der Waals surface area contributed by atoms with Crippen LogP contribution in [0, 0.1) is 0 Å². The summed E-state index contributed by atoms with van der Waals surface area (Å²) in [5.41, 5.74) is 3.26. The first-order valence-electron chi connectivity index (χ1n) is 15.4. The Morgan fingerprint density at radius 3 is 1.32 bits per heavy atom. The molecule has 0 amide bonds. The van der Waals surface area contributed by atoms with Crippen LogP contribution in [-0.2, 0) is 9.47 Å². The van der Waals surface area contributed by atoms with E-state index < -0.39 is 0 Å². The molecule has 4 saturated heterocycles. The van der Waals surface area contributed by atoms with Crippen LogP contribution >= 0.6 is 24.8 Å². The number of rotatable bonds is 4. The van der Waals surface area contributed by atoms with E-state index in [1.165, 1.54) is 25.7 Å². The van der Waals surface area contributed by atoms with Gasteiger partial charge in [0.15, 0.2) is 0 Å².